The van der Waals surface area contributed by atoms with Gasteiger partial charge in [-0.25, -0.2) is 8.42 Å². The SMILES string of the molecule is COc1ccc(C(=O)N(C)C2CCS(=O)(=O)C2)c(Cl)c1. The van der Waals surface area contributed by atoms with E-state index in [1.807, 2.05) is 0 Å². The van der Waals surface area contributed by atoms with Crippen molar-refractivity contribution in [2.24, 2.45) is 0 Å². The Kier molecular flexibility index (Phi) is 4.25. The number of carbonyl (C=O) groups excluding carboxylic acids is 1. The third kappa shape index (κ3) is 3.07. The van der Waals surface area contributed by atoms with Gasteiger partial charge in [0.25, 0.3) is 5.91 Å². The summed E-state index contributed by atoms with van der Waals surface area (Å²) in [5.74, 6) is 0.437. The molecule has 1 amide bonds. The third-order valence-corrected chi connectivity index (χ3v) is 5.55. The molecule has 0 aromatic heterocycles. The number of amides is 1. The zero-order valence-corrected chi connectivity index (χ0v) is 12.9. The zero-order chi connectivity index (χ0) is 14.9. The summed E-state index contributed by atoms with van der Waals surface area (Å²) in [6.45, 7) is 0. The normalized spacial score (nSPS) is 20.6. The van der Waals surface area contributed by atoms with Crippen LogP contribution < -0.4 is 4.74 Å². The van der Waals surface area contributed by atoms with Crippen molar-refractivity contribution in [3.8, 4) is 5.75 Å². The van der Waals surface area contributed by atoms with Gasteiger partial charge < -0.3 is 9.64 Å². The number of sulfone groups is 1. The van der Waals surface area contributed by atoms with E-state index in [4.69, 9.17) is 16.3 Å². The van der Waals surface area contributed by atoms with Gasteiger partial charge in [-0.05, 0) is 24.6 Å². The molecule has 1 aliphatic heterocycles. The van der Waals surface area contributed by atoms with Gasteiger partial charge in [-0.15, -0.1) is 0 Å². The lowest BCUT2D eigenvalue weighted by atomic mass is 10.1. The zero-order valence-electron chi connectivity index (χ0n) is 11.3. The van der Waals surface area contributed by atoms with E-state index in [-0.39, 0.29) is 23.5 Å². The lowest BCUT2D eigenvalue weighted by Gasteiger charge is -2.24. The molecule has 1 unspecified atom stereocenters. The molecule has 0 radical (unpaired) electrons. The van der Waals surface area contributed by atoms with Crippen LogP contribution in [0.4, 0.5) is 0 Å². The molecule has 1 aromatic rings. The molecule has 1 fully saturated rings. The minimum absolute atomic E-state index is 0.0169. The summed E-state index contributed by atoms with van der Waals surface area (Å²) < 4.78 is 28.0. The van der Waals surface area contributed by atoms with Crippen LogP contribution in [0.25, 0.3) is 0 Å². The second-order valence-corrected chi connectivity index (χ2v) is 7.45. The first-order valence-corrected chi connectivity index (χ1v) is 8.35. The van der Waals surface area contributed by atoms with Crippen LogP contribution in [-0.2, 0) is 9.84 Å². The number of hydrogen-bond acceptors (Lipinski definition) is 4. The molecule has 1 aromatic carbocycles. The molecular formula is C13H16ClNO4S. The molecule has 1 saturated heterocycles. The predicted molar refractivity (Wildman–Crippen MR) is 77.2 cm³/mol. The highest BCUT2D eigenvalue weighted by Crippen LogP contribution is 2.25. The maximum Gasteiger partial charge on any atom is 0.255 e. The highest BCUT2D eigenvalue weighted by Gasteiger charge is 2.33. The third-order valence-electron chi connectivity index (χ3n) is 3.48. The Morgan fingerprint density at radius 1 is 1.45 bits per heavy atom. The molecule has 20 heavy (non-hydrogen) atoms. The Morgan fingerprint density at radius 3 is 2.65 bits per heavy atom. The van der Waals surface area contributed by atoms with Gasteiger partial charge in [0.2, 0.25) is 0 Å². The van der Waals surface area contributed by atoms with Crippen LogP contribution in [0.2, 0.25) is 5.02 Å². The minimum atomic E-state index is -3.02. The molecule has 1 aliphatic rings. The fourth-order valence-corrected chi connectivity index (χ4v) is 4.26. The Morgan fingerprint density at radius 2 is 2.15 bits per heavy atom. The molecule has 0 bridgehead atoms. The lowest BCUT2D eigenvalue weighted by molar-refractivity contribution is 0.0748. The van der Waals surface area contributed by atoms with Crippen molar-refractivity contribution in [3.05, 3.63) is 28.8 Å². The number of ether oxygens (including phenoxy) is 1. The van der Waals surface area contributed by atoms with Crippen LogP contribution >= 0.6 is 11.6 Å². The Bertz CT molecular complexity index is 629. The van der Waals surface area contributed by atoms with Crippen LogP contribution in [0, 0.1) is 0 Å². The van der Waals surface area contributed by atoms with Gasteiger partial charge in [0, 0.05) is 13.1 Å². The first-order valence-electron chi connectivity index (χ1n) is 6.15. The van der Waals surface area contributed by atoms with E-state index in [9.17, 15) is 13.2 Å². The van der Waals surface area contributed by atoms with Crippen LogP contribution in [-0.4, -0.2) is 50.9 Å². The molecular weight excluding hydrogens is 302 g/mol. The van der Waals surface area contributed by atoms with Crippen molar-refractivity contribution < 1.29 is 17.9 Å². The van der Waals surface area contributed by atoms with E-state index in [0.717, 1.165) is 0 Å². The quantitative estimate of drug-likeness (QED) is 0.849. The second-order valence-electron chi connectivity index (χ2n) is 4.82. The van der Waals surface area contributed by atoms with Gasteiger partial charge in [-0.3, -0.25) is 4.79 Å². The van der Waals surface area contributed by atoms with Gasteiger partial charge in [0.05, 0.1) is 29.2 Å². The fraction of sp³-hybridized carbons (Fsp3) is 0.462. The highest BCUT2D eigenvalue weighted by molar-refractivity contribution is 7.91. The number of rotatable bonds is 3. The Labute approximate surface area is 123 Å². The van der Waals surface area contributed by atoms with E-state index < -0.39 is 9.84 Å². The summed E-state index contributed by atoms with van der Waals surface area (Å²) in [6.07, 6.45) is 0.471. The first-order chi connectivity index (χ1) is 9.34. The summed E-state index contributed by atoms with van der Waals surface area (Å²) in [6, 6.07) is 4.51. The van der Waals surface area contributed by atoms with Crippen LogP contribution in [0.1, 0.15) is 16.8 Å². The van der Waals surface area contributed by atoms with E-state index >= 15 is 0 Å². The van der Waals surface area contributed by atoms with Gasteiger partial charge >= 0.3 is 0 Å². The van der Waals surface area contributed by atoms with Crippen molar-refractivity contribution >= 4 is 27.3 Å². The van der Waals surface area contributed by atoms with Crippen molar-refractivity contribution in [2.75, 3.05) is 25.7 Å². The molecule has 0 N–H and O–H groups in total. The molecule has 2 rings (SSSR count). The average Bonchev–Trinajstić information content (AvgIpc) is 2.77. The number of benzene rings is 1. The first kappa shape index (κ1) is 15.1. The standard InChI is InChI=1S/C13H16ClNO4S/c1-15(9-5-6-20(17,18)8-9)13(16)11-4-3-10(19-2)7-12(11)14/h3-4,7,9H,5-6,8H2,1-2H3. The fourth-order valence-electron chi connectivity index (χ4n) is 2.23. The topological polar surface area (TPSA) is 63.7 Å². The predicted octanol–water partition coefficient (Wildman–Crippen LogP) is 1.61. The molecule has 7 heteroatoms. The largest absolute Gasteiger partial charge is 0.497 e. The molecule has 0 spiro atoms. The number of methoxy groups -OCH3 is 1. The molecule has 1 heterocycles. The van der Waals surface area contributed by atoms with E-state index in [2.05, 4.69) is 0 Å². The second kappa shape index (κ2) is 5.61. The number of halogens is 1. The van der Waals surface area contributed by atoms with Gasteiger partial charge in [-0.1, -0.05) is 11.6 Å². The van der Waals surface area contributed by atoms with Crippen molar-refractivity contribution in [1.29, 1.82) is 0 Å². The molecule has 0 saturated carbocycles. The molecule has 1 atom stereocenters. The van der Waals surface area contributed by atoms with Crippen molar-refractivity contribution in [3.63, 3.8) is 0 Å². The van der Waals surface area contributed by atoms with E-state index in [1.165, 1.54) is 12.0 Å². The Hall–Kier alpha value is -1.27. The van der Waals surface area contributed by atoms with E-state index in [1.54, 1.807) is 25.2 Å². The van der Waals surface area contributed by atoms with Crippen LogP contribution in [0.15, 0.2) is 18.2 Å². The maximum atomic E-state index is 12.4. The van der Waals surface area contributed by atoms with Crippen LogP contribution in [0.5, 0.6) is 5.75 Å². The summed E-state index contributed by atoms with van der Waals surface area (Å²) >= 11 is 6.06. The highest BCUT2D eigenvalue weighted by atomic mass is 35.5. The van der Waals surface area contributed by atoms with Gasteiger partial charge in [0.15, 0.2) is 9.84 Å². The maximum absolute atomic E-state index is 12.4. The number of nitrogens with zero attached hydrogens (tertiary/aromatic N) is 1. The van der Waals surface area contributed by atoms with Crippen molar-refractivity contribution in [1.82, 2.24) is 4.90 Å². The summed E-state index contributed by atoms with van der Waals surface area (Å²) in [5.41, 5.74) is 0.347. The number of hydrogen-bond donors (Lipinski definition) is 0. The van der Waals surface area contributed by atoms with Crippen LogP contribution in [0.3, 0.4) is 0 Å². The summed E-state index contributed by atoms with van der Waals surface area (Å²) in [5, 5.41) is 0.294. The van der Waals surface area contributed by atoms with Gasteiger partial charge in [-0.2, -0.15) is 0 Å². The lowest BCUT2D eigenvalue weighted by Crippen LogP contribution is -2.37. The number of carbonyl (C=O) groups is 1. The smallest absolute Gasteiger partial charge is 0.255 e. The summed E-state index contributed by atoms with van der Waals surface area (Å²) in [4.78, 5) is 13.8. The van der Waals surface area contributed by atoms with Gasteiger partial charge in [0.1, 0.15) is 5.75 Å². The molecule has 0 aliphatic carbocycles. The van der Waals surface area contributed by atoms with Crippen molar-refractivity contribution in [2.45, 2.75) is 12.5 Å². The molecule has 110 valence electrons. The minimum Gasteiger partial charge on any atom is -0.497 e. The monoisotopic (exact) mass is 317 g/mol. The average molecular weight is 318 g/mol. The molecule has 5 nitrogen and oxygen atoms in total. The Balaban J connectivity index is 2.19. The summed E-state index contributed by atoms with van der Waals surface area (Å²) in [7, 11) is 0.0982. The van der Waals surface area contributed by atoms with E-state index in [0.29, 0.717) is 22.8 Å².